The molecule has 1 heterocycles. The number of pyridine rings is 1. The molecular formula is C6H8ClFN2O. The van der Waals surface area contributed by atoms with E-state index in [0.717, 1.165) is 0 Å². The van der Waals surface area contributed by atoms with Gasteiger partial charge in [-0.25, -0.2) is 10.3 Å². The Balaban J connectivity index is 0.000001000. The molecule has 0 spiro atoms. The minimum Gasteiger partial charge on any atom is -0.298 e. The highest BCUT2D eigenvalue weighted by Crippen LogP contribution is 2.01. The molecule has 0 aliphatic heterocycles. The molecule has 0 atom stereocenters. The third-order valence-corrected chi connectivity index (χ3v) is 1.05. The van der Waals surface area contributed by atoms with E-state index in [1.165, 1.54) is 18.3 Å². The van der Waals surface area contributed by atoms with Crippen molar-refractivity contribution in [2.75, 3.05) is 0 Å². The summed E-state index contributed by atoms with van der Waals surface area (Å²) in [7, 11) is 0. The van der Waals surface area contributed by atoms with Gasteiger partial charge in [-0.05, 0) is 12.1 Å². The molecule has 1 aromatic heterocycles. The van der Waals surface area contributed by atoms with Crippen molar-refractivity contribution < 1.29 is 9.23 Å². The summed E-state index contributed by atoms with van der Waals surface area (Å²) >= 11 is 0. The molecular weight excluding hydrogens is 171 g/mol. The average Bonchev–Trinajstić information content (AvgIpc) is 1.94. The number of hydrogen-bond donors (Lipinski definition) is 1. The second kappa shape index (κ2) is 5.01. The molecule has 0 fully saturated rings. The number of nitrogens with two attached hydrogens (primary N) is 1. The highest BCUT2D eigenvalue weighted by atomic mass is 35.5. The van der Waals surface area contributed by atoms with Gasteiger partial charge in [-0.2, -0.15) is 0 Å². The molecule has 0 saturated heterocycles. The largest absolute Gasteiger partial charge is 0.298 e. The van der Waals surface area contributed by atoms with Crippen molar-refractivity contribution in [1.29, 1.82) is 0 Å². The maximum Gasteiger partial charge on any atom is 0.147 e. The predicted molar refractivity (Wildman–Crippen MR) is 40.4 cm³/mol. The molecule has 0 bridgehead atoms. The van der Waals surface area contributed by atoms with Crippen LogP contribution in [0.3, 0.4) is 0 Å². The lowest BCUT2D eigenvalue weighted by molar-refractivity contribution is 0.118. The summed E-state index contributed by atoms with van der Waals surface area (Å²) in [5.41, 5.74) is 0.227. The zero-order valence-corrected chi connectivity index (χ0v) is 6.47. The van der Waals surface area contributed by atoms with Crippen LogP contribution in [0, 0.1) is 5.82 Å². The van der Waals surface area contributed by atoms with Crippen LogP contribution in [0.15, 0.2) is 18.3 Å². The van der Waals surface area contributed by atoms with Crippen LogP contribution in [0.2, 0.25) is 0 Å². The topological polar surface area (TPSA) is 48.1 Å². The first-order chi connectivity index (χ1) is 4.84. The Kier molecular flexibility index (Phi) is 4.69. The number of aromatic nitrogens is 1. The van der Waals surface area contributed by atoms with Crippen molar-refractivity contribution in [3.63, 3.8) is 0 Å². The van der Waals surface area contributed by atoms with Gasteiger partial charge >= 0.3 is 0 Å². The van der Waals surface area contributed by atoms with E-state index in [2.05, 4.69) is 9.82 Å². The van der Waals surface area contributed by atoms with Gasteiger partial charge in [-0.1, -0.05) is 0 Å². The number of halogens is 2. The fourth-order valence-electron chi connectivity index (χ4n) is 0.604. The molecule has 5 heteroatoms. The summed E-state index contributed by atoms with van der Waals surface area (Å²) in [4.78, 5) is 7.89. The van der Waals surface area contributed by atoms with Gasteiger partial charge in [0.1, 0.15) is 18.1 Å². The van der Waals surface area contributed by atoms with E-state index in [1.807, 2.05) is 0 Å². The zero-order chi connectivity index (χ0) is 7.40. The van der Waals surface area contributed by atoms with Gasteiger partial charge in [0.25, 0.3) is 0 Å². The Morgan fingerprint density at radius 1 is 1.64 bits per heavy atom. The number of nitrogens with zero attached hydrogens (tertiary/aromatic N) is 1. The van der Waals surface area contributed by atoms with Gasteiger partial charge in [0.15, 0.2) is 0 Å². The molecule has 3 nitrogen and oxygen atoms in total. The molecule has 0 saturated carbocycles. The van der Waals surface area contributed by atoms with Crippen molar-refractivity contribution in [1.82, 2.24) is 4.98 Å². The van der Waals surface area contributed by atoms with Gasteiger partial charge in [-0.3, -0.25) is 9.82 Å². The van der Waals surface area contributed by atoms with E-state index in [-0.39, 0.29) is 24.7 Å². The van der Waals surface area contributed by atoms with Crippen LogP contribution in [0.5, 0.6) is 0 Å². The first-order valence-electron chi connectivity index (χ1n) is 2.75. The molecule has 0 aliphatic rings. The monoisotopic (exact) mass is 178 g/mol. The lowest BCUT2D eigenvalue weighted by Gasteiger charge is -1.96. The molecule has 1 rings (SSSR count). The molecule has 0 unspecified atom stereocenters. The van der Waals surface area contributed by atoms with E-state index in [0.29, 0.717) is 0 Å². The standard InChI is InChI=1S/C6H7FN2O.ClH/c7-5-2-1-3-9-6(5)4-10-8;/h1-3H,4,8H2;1H. The van der Waals surface area contributed by atoms with Crippen LogP contribution in [-0.4, -0.2) is 4.98 Å². The first-order valence-corrected chi connectivity index (χ1v) is 2.75. The molecule has 0 aromatic carbocycles. The van der Waals surface area contributed by atoms with Crippen LogP contribution < -0.4 is 5.90 Å². The molecule has 1 aromatic rings. The molecule has 0 radical (unpaired) electrons. The van der Waals surface area contributed by atoms with E-state index < -0.39 is 5.82 Å². The van der Waals surface area contributed by atoms with Crippen LogP contribution >= 0.6 is 12.4 Å². The Morgan fingerprint density at radius 3 is 2.91 bits per heavy atom. The fourth-order valence-corrected chi connectivity index (χ4v) is 0.604. The first kappa shape index (κ1) is 10.3. The van der Waals surface area contributed by atoms with E-state index in [9.17, 15) is 4.39 Å². The lowest BCUT2D eigenvalue weighted by atomic mass is 10.3. The number of rotatable bonds is 2. The third kappa shape index (κ3) is 2.80. The quantitative estimate of drug-likeness (QED) is 0.689. The highest BCUT2D eigenvalue weighted by Gasteiger charge is 1.99. The van der Waals surface area contributed by atoms with Crippen LogP contribution in [-0.2, 0) is 11.4 Å². The van der Waals surface area contributed by atoms with Crippen molar-refractivity contribution in [2.45, 2.75) is 6.61 Å². The fraction of sp³-hybridized carbons (Fsp3) is 0.167. The predicted octanol–water partition coefficient (Wildman–Crippen LogP) is 1.03. The second-order valence-corrected chi connectivity index (χ2v) is 1.74. The molecule has 2 N–H and O–H groups in total. The summed E-state index contributed by atoms with van der Waals surface area (Å²) in [5, 5.41) is 0. The van der Waals surface area contributed by atoms with Gasteiger partial charge in [0.05, 0.1) is 0 Å². The van der Waals surface area contributed by atoms with Crippen molar-refractivity contribution >= 4 is 12.4 Å². The Hall–Kier alpha value is -0.710. The Labute approximate surface area is 69.7 Å². The smallest absolute Gasteiger partial charge is 0.147 e. The van der Waals surface area contributed by atoms with Crippen LogP contribution in [0.4, 0.5) is 4.39 Å². The number of hydrogen-bond acceptors (Lipinski definition) is 3. The minimum atomic E-state index is -0.395. The molecule has 11 heavy (non-hydrogen) atoms. The summed E-state index contributed by atoms with van der Waals surface area (Å²) in [6, 6.07) is 2.82. The molecule has 62 valence electrons. The molecule has 0 amide bonds. The van der Waals surface area contributed by atoms with Crippen LogP contribution in [0.25, 0.3) is 0 Å². The third-order valence-electron chi connectivity index (χ3n) is 1.05. The maximum atomic E-state index is 12.6. The van der Waals surface area contributed by atoms with E-state index in [4.69, 9.17) is 5.90 Å². The van der Waals surface area contributed by atoms with Gasteiger partial charge < -0.3 is 0 Å². The molecule has 0 aliphatic carbocycles. The van der Waals surface area contributed by atoms with Gasteiger partial charge in [0.2, 0.25) is 0 Å². The van der Waals surface area contributed by atoms with Gasteiger partial charge in [0, 0.05) is 6.20 Å². The Morgan fingerprint density at radius 2 is 2.36 bits per heavy atom. The summed E-state index contributed by atoms with van der Waals surface area (Å²) < 4.78 is 12.6. The summed E-state index contributed by atoms with van der Waals surface area (Å²) in [6.07, 6.45) is 1.48. The minimum absolute atomic E-state index is 0. The zero-order valence-electron chi connectivity index (χ0n) is 5.66. The van der Waals surface area contributed by atoms with Crippen LogP contribution in [0.1, 0.15) is 5.69 Å². The van der Waals surface area contributed by atoms with Gasteiger partial charge in [-0.15, -0.1) is 12.4 Å². The SMILES string of the molecule is Cl.NOCc1ncccc1F. The lowest BCUT2D eigenvalue weighted by Crippen LogP contribution is -2.02. The van der Waals surface area contributed by atoms with E-state index in [1.54, 1.807) is 0 Å². The summed E-state index contributed by atoms with van der Waals surface area (Å²) in [6.45, 7) is 0.00662. The highest BCUT2D eigenvalue weighted by molar-refractivity contribution is 5.85. The second-order valence-electron chi connectivity index (χ2n) is 1.74. The maximum absolute atomic E-state index is 12.6. The summed E-state index contributed by atoms with van der Waals surface area (Å²) in [5.74, 6) is 4.33. The average molecular weight is 179 g/mol. The van der Waals surface area contributed by atoms with Crippen molar-refractivity contribution in [2.24, 2.45) is 5.90 Å². The van der Waals surface area contributed by atoms with E-state index >= 15 is 0 Å². The van der Waals surface area contributed by atoms with Crippen molar-refractivity contribution in [3.8, 4) is 0 Å². The normalized spacial score (nSPS) is 8.91. The van der Waals surface area contributed by atoms with Crippen molar-refractivity contribution in [3.05, 3.63) is 29.8 Å². The Bertz CT molecular complexity index is 221.